The quantitative estimate of drug-likeness (QED) is 0.851. The van der Waals surface area contributed by atoms with Gasteiger partial charge in [0.15, 0.2) is 11.5 Å². The van der Waals surface area contributed by atoms with Crippen LogP contribution >= 0.6 is 0 Å². The van der Waals surface area contributed by atoms with E-state index in [4.69, 9.17) is 5.73 Å². The van der Waals surface area contributed by atoms with E-state index in [1.165, 1.54) is 18.5 Å². The molecule has 2 aromatic rings. The number of amides is 2. The number of nitrogens with two attached hydrogens (primary N) is 1. The molecule has 8 heteroatoms. The summed E-state index contributed by atoms with van der Waals surface area (Å²) >= 11 is 0. The zero-order valence-electron chi connectivity index (χ0n) is 15.1. The number of hydrogen-bond donors (Lipinski definition) is 2. The first-order valence-corrected chi connectivity index (χ1v) is 8.84. The van der Waals surface area contributed by atoms with Crippen LogP contribution in [0.4, 0.5) is 10.2 Å². The number of piperidine rings is 1. The van der Waals surface area contributed by atoms with Gasteiger partial charge in [0.2, 0.25) is 5.91 Å². The summed E-state index contributed by atoms with van der Waals surface area (Å²) in [5, 5.41) is 2.85. The zero-order chi connectivity index (χ0) is 19.4. The Labute approximate surface area is 156 Å². The van der Waals surface area contributed by atoms with Crippen LogP contribution in [0.3, 0.4) is 0 Å². The number of nitrogens with zero attached hydrogens (tertiary/aromatic N) is 3. The lowest BCUT2D eigenvalue weighted by molar-refractivity contribution is -0.126. The molecule has 0 saturated carbocycles. The Bertz CT molecular complexity index is 850. The van der Waals surface area contributed by atoms with E-state index in [1.54, 1.807) is 24.0 Å². The first kappa shape index (κ1) is 18.8. The molecule has 1 saturated heterocycles. The van der Waals surface area contributed by atoms with E-state index in [1.807, 2.05) is 0 Å². The highest BCUT2D eigenvalue weighted by molar-refractivity contribution is 5.96. The van der Waals surface area contributed by atoms with Crippen LogP contribution in [0.1, 0.15) is 34.5 Å². The number of aryl methyl sites for hydroxylation is 1. The number of halogens is 1. The molecule has 0 radical (unpaired) electrons. The van der Waals surface area contributed by atoms with Gasteiger partial charge in [-0.2, -0.15) is 0 Å². The number of carbonyl (C=O) groups excluding carboxylic acids is 2. The van der Waals surface area contributed by atoms with Crippen molar-refractivity contribution >= 4 is 17.6 Å². The lowest BCUT2D eigenvalue weighted by Crippen LogP contribution is -2.43. The Morgan fingerprint density at radius 1 is 1.26 bits per heavy atom. The van der Waals surface area contributed by atoms with E-state index < -0.39 is 0 Å². The average Bonchev–Trinajstić information content (AvgIpc) is 2.68. The van der Waals surface area contributed by atoms with E-state index in [-0.39, 0.29) is 41.6 Å². The maximum atomic E-state index is 13.6. The summed E-state index contributed by atoms with van der Waals surface area (Å²) in [4.78, 5) is 34.4. The van der Waals surface area contributed by atoms with Crippen molar-refractivity contribution in [2.45, 2.75) is 26.3 Å². The molecule has 1 aliphatic heterocycles. The molecule has 3 rings (SSSR count). The summed E-state index contributed by atoms with van der Waals surface area (Å²) in [6.07, 6.45) is 3.97. The van der Waals surface area contributed by atoms with Crippen molar-refractivity contribution in [3.63, 3.8) is 0 Å². The largest absolute Gasteiger partial charge is 0.382 e. The Kier molecular flexibility index (Phi) is 5.63. The molecule has 1 aromatic carbocycles. The number of carbonyl (C=O) groups is 2. The Morgan fingerprint density at radius 3 is 2.63 bits per heavy atom. The summed E-state index contributed by atoms with van der Waals surface area (Å²) in [6.45, 7) is 2.88. The van der Waals surface area contributed by atoms with Crippen molar-refractivity contribution in [3.8, 4) is 0 Å². The van der Waals surface area contributed by atoms with Gasteiger partial charge in [0.05, 0.1) is 0 Å². The van der Waals surface area contributed by atoms with E-state index in [0.29, 0.717) is 31.5 Å². The summed E-state index contributed by atoms with van der Waals surface area (Å²) in [6, 6.07) is 4.92. The summed E-state index contributed by atoms with van der Waals surface area (Å²) < 4.78 is 13.6. The Hall–Kier alpha value is -3.03. The van der Waals surface area contributed by atoms with Crippen LogP contribution < -0.4 is 11.1 Å². The number of hydrogen-bond acceptors (Lipinski definition) is 5. The lowest BCUT2D eigenvalue weighted by atomic mass is 9.95. The minimum absolute atomic E-state index is 0.0814. The van der Waals surface area contributed by atoms with Crippen LogP contribution in [0.15, 0.2) is 30.6 Å². The third kappa shape index (κ3) is 4.39. The molecule has 0 atom stereocenters. The van der Waals surface area contributed by atoms with Crippen molar-refractivity contribution in [3.05, 3.63) is 53.2 Å². The molecule has 1 aromatic heterocycles. The second-order valence-electron chi connectivity index (χ2n) is 6.66. The van der Waals surface area contributed by atoms with E-state index >= 15 is 0 Å². The zero-order valence-corrected chi connectivity index (χ0v) is 15.1. The van der Waals surface area contributed by atoms with E-state index in [0.717, 1.165) is 5.56 Å². The van der Waals surface area contributed by atoms with Gasteiger partial charge < -0.3 is 16.0 Å². The molecular formula is C19H22FN5O2. The number of likely N-dealkylation sites (tertiary alicyclic amines) is 1. The van der Waals surface area contributed by atoms with E-state index in [9.17, 15) is 14.0 Å². The molecule has 2 heterocycles. The number of nitrogen functional groups attached to an aromatic ring is 1. The highest BCUT2D eigenvalue weighted by atomic mass is 19.1. The first-order valence-electron chi connectivity index (χ1n) is 8.84. The summed E-state index contributed by atoms with van der Waals surface area (Å²) in [7, 11) is 0. The lowest BCUT2D eigenvalue weighted by Gasteiger charge is -2.31. The number of anilines is 1. The van der Waals surface area contributed by atoms with Gasteiger partial charge in [0, 0.05) is 37.9 Å². The molecule has 3 N–H and O–H groups in total. The molecule has 27 heavy (non-hydrogen) atoms. The van der Waals surface area contributed by atoms with Gasteiger partial charge in [0.25, 0.3) is 5.91 Å². The fourth-order valence-corrected chi connectivity index (χ4v) is 3.09. The summed E-state index contributed by atoms with van der Waals surface area (Å²) in [5.74, 6) is -0.704. The van der Waals surface area contributed by atoms with Gasteiger partial charge in [-0.3, -0.25) is 9.59 Å². The van der Waals surface area contributed by atoms with Crippen LogP contribution in [-0.2, 0) is 11.3 Å². The smallest absolute Gasteiger partial charge is 0.276 e. The molecular weight excluding hydrogens is 349 g/mol. The first-order chi connectivity index (χ1) is 13.0. The molecule has 142 valence electrons. The van der Waals surface area contributed by atoms with Gasteiger partial charge in [-0.05, 0) is 37.0 Å². The normalized spacial score (nSPS) is 14.8. The molecule has 0 unspecified atom stereocenters. The van der Waals surface area contributed by atoms with Crippen molar-refractivity contribution in [1.82, 2.24) is 20.2 Å². The van der Waals surface area contributed by atoms with Crippen molar-refractivity contribution in [2.24, 2.45) is 5.92 Å². The maximum Gasteiger partial charge on any atom is 0.276 e. The van der Waals surface area contributed by atoms with Gasteiger partial charge >= 0.3 is 0 Å². The van der Waals surface area contributed by atoms with Gasteiger partial charge in [0.1, 0.15) is 5.82 Å². The molecule has 7 nitrogen and oxygen atoms in total. The van der Waals surface area contributed by atoms with Crippen molar-refractivity contribution in [1.29, 1.82) is 0 Å². The summed E-state index contributed by atoms with van der Waals surface area (Å²) in [5.41, 5.74) is 7.14. The number of nitrogens with one attached hydrogen (secondary N) is 1. The van der Waals surface area contributed by atoms with Crippen LogP contribution in [0, 0.1) is 18.7 Å². The minimum atomic E-state index is -0.281. The number of rotatable bonds is 4. The second-order valence-corrected chi connectivity index (χ2v) is 6.66. The van der Waals surface area contributed by atoms with Crippen molar-refractivity contribution in [2.75, 3.05) is 18.8 Å². The topological polar surface area (TPSA) is 101 Å². The van der Waals surface area contributed by atoms with Crippen LogP contribution in [0.2, 0.25) is 0 Å². The number of aromatic nitrogens is 2. The molecule has 1 aliphatic rings. The van der Waals surface area contributed by atoms with Gasteiger partial charge in [-0.25, -0.2) is 14.4 Å². The highest BCUT2D eigenvalue weighted by Crippen LogP contribution is 2.20. The van der Waals surface area contributed by atoms with Crippen LogP contribution in [-0.4, -0.2) is 39.8 Å². The Morgan fingerprint density at radius 2 is 1.96 bits per heavy atom. The Balaban J connectivity index is 1.51. The monoisotopic (exact) mass is 371 g/mol. The van der Waals surface area contributed by atoms with Crippen LogP contribution in [0.25, 0.3) is 0 Å². The highest BCUT2D eigenvalue weighted by Gasteiger charge is 2.29. The molecule has 0 aliphatic carbocycles. The van der Waals surface area contributed by atoms with Crippen LogP contribution in [0.5, 0.6) is 0 Å². The van der Waals surface area contributed by atoms with Gasteiger partial charge in [-0.1, -0.05) is 12.1 Å². The van der Waals surface area contributed by atoms with Gasteiger partial charge in [-0.15, -0.1) is 0 Å². The average molecular weight is 371 g/mol. The second kappa shape index (κ2) is 8.11. The predicted octanol–water partition coefficient (Wildman–Crippen LogP) is 1.67. The maximum absolute atomic E-state index is 13.6. The molecule has 0 spiro atoms. The fourth-order valence-electron chi connectivity index (χ4n) is 3.09. The van der Waals surface area contributed by atoms with Crippen molar-refractivity contribution < 1.29 is 14.0 Å². The minimum Gasteiger partial charge on any atom is -0.382 e. The standard InChI is InChI=1S/C19H22FN5O2/c1-12-2-3-13(10-15(12)20)11-24-18(26)14-4-8-25(9-5-14)19(27)16-17(21)23-7-6-22-16/h2-3,6-7,10,14H,4-5,8-9,11H2,1H3,(H2,21,23)(H,24,26). The third-order valence-electron chi connectivity index (χ3n) is 4.79. The SMILES string of the molecule is Cc1ccc(CNC(=O)C2CCN(C(=O)c3nccnc3N)CC2)cc1F. The molecule has 0 bridgehead atoms. The third-order valence-corrected chi connectivity index (χ3v) is 4.79. The molecule has 2 amide bonds. The predicted molar refractivity (Wildman–Crippen MR) is 98.1 cm³/mol. The number of benzene rings is 1. The fraction of sp³-hybridized carbons (Fsp3) is 0.368. The van der Waals surface area contributed by atoms with E-state index in [2.05, 4.69) is 15.3 Å². The molecule has 1 fully saturated rings.